The quantitative estimate of drug-likeness (QED) is 0.0905. The van der Waals surface area contributed by atoms with Crippen LogP contribution in [0, 0.1) is 13.8 Å². The Morgan fingerprint density at radius 2 is 0.392 bits per heavy atom. The van der Waals surface area contributed by atoms with E-state index in [4.69, 9.17) is 8.83 Å². The van der Waals surface area contributed by atoms with Crippen molar-refractivity contribution < 1.29 is 8.83 Å². The molecule has 0 aliphatic heterocycles. The van der Waals surface area contributed by atoms with Crippen molar-refractivity contribution in [3.8, 4) is 55.6 Å². The Morgan fingerprint density at radius 3 is 0.717 bits per heavy atom. The Labute approximate surface area is 696 Å². The highest BCUT2D eigenvalue weighted by molar-refractivity contribution is 6.32. The van der Waals surface area contributed by atoms with Crippen LogP contribution >= 0.6 is 0 Å². The van der Waals surface area contributed by atoms with Crippen LogP contribution in [0.4, 0.5) is 68.2 Å². The number of furan rings is 2. The molecule has 2 heterocycles. The number of hydrogen-bond donors (Lipinski definition) is 0. The average Bonchev–Trinajstić information content (AvgIpc) is 1.55. The monoisotopic (exact) mass is 1530 g/mol. The third-order valence-corrected chi connectivity index (χ3v) is 23.9. The molecule has 0 fully saturated rings. The van der Waals surface area contributed by atoms with Gasteiger partial charge in [-0.05, 0) is 176 Å². The molecule has 0 N–H and O–H groups in total. The Morgan fingerprint density at radius 1 is 0.158 bits per heavy atom. The van der Waals surface area contributed by atoms with Crippen LogP contribution in [0.5, 0.6) is 0 Å². The third kappa shape index (κ3) is 12.4. The van der Waals surface area contributed by atoms with Crippen molar-refractivity contribution in [3.63, 3.8) is 0 Å². The number of fused-ring (bicyclic) bond motifs is 14. The molecule has 120 heavy (non-hydrogen) atoms. The minimum absolute atomic E-state index is 0.802. The van der Waals surface area contributed by atoms with Gasteiger partial charge in [-0.1, -0.05) is 328 Å². The van der Waals surface area contributed by atoms with Gasteiger partial charge in [-0.15, -0.1) is 0 Å². The van der Waals surface area contributed by atoms with Gasteiger partial charge in [-0.25, -0.2) is 0 Å². The summed E-state index contributed by atoms with van der Waals surface area (Å²) in [5.41, 5.74) is 29.4. The molecule has 0 saturated carbocycles. The highest BCUT2D eigenvalue weighted by Crippen LogP contribution is 2.54. The highest BCUT2D eigenvalue weighted by Gasteiger charge is 2.29. The van der Waals surface area contributed by atoms with E-state index in [1.807, 2.05) is 0 Å². The summed E-state index contributed by atoms with van der Waals surface area (Å²) in [4.78, 5) is 9.61. The van der Waals surface area contributed by atoms with Gasteiger partial charge in [-0.2, -0.15) is 0 Å². The van der Waals surface area contributed by atoms with E-state index in [1.165, 1.54) is 22.3 Å². The Balaban J connectivity index is 0.619. The van der Waals surface area contributed by atoms with Crippen molar-refractivity contribution in [2.45, 2.75) is 13.8 Å². The van der Waals surface area contributed by atoms with Gasteiger partial charge in [0.15, 0.2) is 0 Å². The van der Waals surface area contributed by atoms with Gasteiger partial charge in [-0.3, -0.25) is 0 Å². The SMILES string of the molecule is Cc1cccc(N(c2ccc(-c3ccccc3)cc2)c2cc3oc4cc(N(c5ccc(-c6ccc(-c7ccc(N(c8ccccc8-c8ccccc8)c8cc9oc%10cc(N(c%11ccccc%11)c%11ccccc%11-c%11ccccc%11)c%11ccccc%11c%10c9c9ccccc89)cc7)cc6)cc5)c5cccc(C)c5)c5ccccc5c4c3c3ccccc23)c1. The summed E-state index contributed by atoms with van der Waals surface area (Å²) in [6.45, 7) is 4.33. The van der Waals surface area contributed by atoms with E-state index < -0.39 is 0 Å². The summed E-state index contributed by atoms with van der Waals surface area (Å²) in [6, 6.07) is 158. The van der Waals surface area contributed by atoms with Crippen molar-refractivity contribution in [1.29, 1.82) is 0 Å². The molecule has 0 unspecified atom stereocenters. The second-order valence-corrected chi connectivity index (χ2v) is 31.2. The molecule has 0 spiro atoms. The number of anilines is 12. The molecule has 22 aromatic rings. The first-order valence-corrected chi connectivity index (χ1v) is 41.1. The Bertz CT molecular complexity index is 7650. The summed E-state index contributed by atoms with van der Waals surface area (Å²) in [5.74, 6) is 0. The van der Waals surface area contributed by atoms with Gasteiger partial charge in [0.05, 0.1) is 34.1 Å². The zero-order valence-electron chi connectivity index (χ0n) is 66.2. The number of benzene rings is 20. The summed E-state index contributed by atoms with van der Waals surface area (Å²) < 4.78 is 14.8. The third-order valence-electron chi connectivity index (χ3n) is 23.9. The van der Waals surface area contributed by atoms with Crippen LogP contribution in [0.25, 0.3) is 143 Å². The normalized spacial score (nSPS) is 11.6. The van der Waals surface area contributed by atoms with Crippen LogP contribution in [-0.2, 0) is 0 Å². The van der Waals surface area contributed by atoms with Gasteiger partial charge in [0, 0.05) is 113 Å². The largest absolute Gasteiger partial charge is 0.456 e. The maximum atomic E-state index is 7.42. The first-order valence-electron chi connectivity index (χ1n) is 41.1. The lowest BCUT2D eigenvalue weighted by Crippen LogP contribution is -2.12. The zero-order valence-corrected chi connectivity index (χ0v) is 66.2. The lowest BCUT2D eigenvalue weighted by atomic mass is 9.95. The highest BCUT2D eigenvalue weighted by atomic mass is 16.3. The molecular weight excluding hydrogens is 1460 g/mol. The molecule has 0 bridgehead atoms. The summed E-state index contributed by atoms with van der Waals surface area (Å²) >= 11 is 0. The summed E-state index contributed by atoms with van der Waals surface area (Å²) in [7, 11) is 0. The summed E-state index contributed by atoms with van der Waals surface area (Å²) in [5, 5.41) is 13.3. The van der Waals surface area contributed by atoms with Crippen LogP contribution in [0.3, 0.4) is 0 Å². The van der Waals surface area contributed by atoms with Crippen molar-refractivity contribution >= 4 is 155 Å². The molecule has 566 valence electrons. The predicted molar refractivity (Wildman–Crippen MR) is 506 cm³/mol. The van der Waals surface area contributed by atoms with Crippen molar-refractivity contribution in [2.24, 2.45) is 0 Å². The van der Waals surface area contributed by atoms with E-state index in [9.17, 15) is 0 Å². The molecule has 0 atom stereocenters. The van der Waals surface area contributed by atoms with Gasteiger partial charge in [0.25, 0.3) is 0 Å². The smallest absolute Gasteiger partial charge is 0.138 e. The maximum absolute atomic E-state index is 7.42. The molecule has 0 saturated heterocycles. The minimum atomic E-state index is 0.802. The van der Waals surface area contributed by atoms with Crippen LogP contribution in [0.2, 0.25) is 0 Å². The van der Waals surface area contributed by atoms with E-state index in [1.54, 1.807) is 0 Å². The molecule has 2 aromatic heterocycles. The zero-order chi connectivity index (χ0) is 79.7. The minimum Gasteiger partial charge on any atom is -0.456 e. The molecule has 0 radical (unpaired) electrons. The topological polar surface area (TPSA) is 39.2 Å². The maximum Gasteiger partial charge on any atom is 0.138 e. The second kappa shape index (κ2) is 29.8. The van der Waals surface area contributed by atoms with Crippen molar-refractivity contribution in [3.05, 3.63) is 448 Å². The van der Waals surface area contributed by atoms with E-state index in [0.717, 1.165) is 200 Å². The molecule has 6 heteroatoms. The van der Waals surface area contributed by atoms with E-state index in [2.05, 4.69) is 470 Å². The first kappa shape index (κ1) is 70.8. The number of rotatable bonds is 17. The van der Waals surface area contributed by atoms with Crippen LogP contribution < -0.4 is 19.6 Å². The van der Waals surface area contributed by atoms with Gasteiger partial charge >= 0.3 is 0 Å². The van der Waals surface area contributed by atoms with Gasteiger partial charge in [0.2, 0.25) is 0 Å². The van der Waals surface area contributed by atoms with Gasteiger partial charge < -0.3 is 28.4 Å². The number of hydrogen-bond acceptors (Lipinski definition) is 6. The lowest BCUT2D eigenvalue weighted by Gasteiger charge is -2.29. The second-order valence-electron chi connectivity index (χ2n) is 31.2. The van der Waals surface area contributed by atoms with Gasteiger partial charge in [0.1, 0.15) is 22.3 Å². The average molecular weight is 1540 g/mol. The number of para-hydroxylation sites is 3. The lowest BCUT2D eigenvalue weighted by molar-refractivity contribution is 0.669. The molecule has 22 rings (SSSR count). The van der Waals surface area contributed by atoms with Crippen molar-refractivity contribution in [1.82, 2.24) is 0 Å². The predicted octanol–water partition coefficient (Wildman–Crippen LogP) is 32.9. The molecule has 20 aromatic carbocycles. The fourth-order valence-electron chi connectivity index (χ4n) is 18.4. The molecule has 6 nitrogen and oxygen atoms in total. The van der Waals surface area contributed by atoms with E-state index in [-0.39, 0.29) is 0 Å². The molecule has 0 amide bonds. The first-order chi connectivity index (χ1) is 59.3. The molecular formula is C114H78N4O2. The number of nitrogens with zero attached hydrogens (tertiary/aromatic N) is 4. The van der Waals surface area contributed by atoms with Crippen LogP contribution in [0.15, 0.2) is 446 Å². The Hall–Kier alpha value is -15.8. The fourth-order valence-corrected chi connectivity index (χ4v) is 18.4. The van der Waals surface area contributed by atoms with E-state index >= 15 is 0 Å². The summed E-state index contributed by atoms with van der Waals surface area (Å²) in [6.07, 6.45) is 0. The fraction of sp³-hybridized carbons (Fsp3) is 0.0175. The van der Waals surface area contributed by atoms with E-state index in [0.29, 0.717) is 0 Å². The Kier molecular flexibility index (Phi) is 17.6. The van der Waals surface area contributed by atoms with Crippen LogP contribution in [-0.4, -0.2) is 0 Å². The van der Waals surface area contributed by atoms with Crippen molar-refractivity contribution in [2.75, 3.05) is 19.6 Å². The molecule has 0 aliphatic carbocycles. The van der Waals surface area contributed by atoms with Crippen LogP contribution in [0.1, 0.15) is 11.1 Å². The standard InChI is InChI=1S/C114H78N4O2/c1-75-29-27-39-89(69-75)115(86-63-57-80(58-64-86)77-31-7-3-8-32-77)103-71-107-111(97-47-19-15-43-93(97)103)112-98-48-20-16-44-94(98)104(72-108(112)119-107)116(90-40-28-30-76(2)70-90)87-65-59-81(60-66-87)78-53-55-79(56-54-78)82-61-67-88(68-62-82)118(102-52-26-24-42-92(102)84-35-11-5-12-36-84)106-74-110-114(100-50-22-18-46-96(100)106)113-99-49-21-17-45-95(99)105(73-109(113)120-110)117(85-37-13-6-14-38-85)101-51-25-23-41-91(101)83-33-9-4-10-34-83/h3-74H,1-2H3. The molecule has 0 aliphatic rings. The number of aryl methyl sites for hydroxylation is 2.